The Balaban J connectivity index is 1.74. The molecular weight excluding hydrogens is 416 g/mol. The van der Waals surface area contributed by atoms with Crippen molar-refractivity contribution in [3.63, 3.8) is 0 Å². The number of ether oxygens (including phenoxy) is 1. The molecule has 2 amide bonds. The molecule has 2 aliphatic rings. The molecule has 2 saturated carbocycles. The monoisotopic (exact) mass is 458 g/mol. The fourth-order valence-electron chi connectivity index (χ4n) is 6.50. The fourth-order valence-corrected chi connectivity index (χ4v) is 6.50. The highest BCUT2D eigenvalue weighted by molar-refractivity contribution is 5.94. The predicted molar refractivity (Wildman–Crippen MR) is 130 cm³/mol. The first-order chi connectivity index (χ1) is 15.7. The topological polar surface area (TPSA) is 78.9 Å². The van der Waals surface area contributed by atoms with Gasteiger partial charge >= 0.3 is 0 Å². The van der Waals surface area contributed by atoms with E-state index in [9.17, 15) is 14.7 Å². The summed E-state index contributed by atoms with van der Waals surface area (Å²) in [4.78, 5) is 27.8. The molecule has 184 valence electrons. The van der Waals surface area contributed by atoms with Crippen molar-refractivity contribution in [2.45, 2.75) is 72.4 Å². The number of carbonyl (C=O) groups is 2. The lowest BCUT2D eigenvalue weighted by Gasteiger charge is -2.56. The van der Waals surface area contributed by atoms with Gasteiger partial charge in [0.15, 0.2) is 0 Å². The summed E-state index contributed by atoms with van der Waals surface area (Å²) in [6.07, 6.45) is 3.21. The largest absolute Gasteiger partial charge is 0.497 e. The quantitative estimate of drug-likeness (QED) is 0.644. The minimum atomic E-state index is -0.547. The maximum Gasteiger partial charge on any atom is 0.251 e. The summed E-state index contributed by atoms with van der Waals surface area (Å²) in [7, 11) is 1.61. The first-order valence-corrected chi connectivity index (χ1v) is 12.6. The van der Waals surface area contributed by atoms with Gasteiger partial charge in [0.2, 0.25) is 5.91 Å². The van der Waals surface area contributed by atoms with E-state index in [0.29, 0.717) is 18.7 Å². The van der Waals surface area contributed by atoms with E-state index in [2.05, 4.69) is 19.2 Å². The minimum absolute atomic E-state index is 0.000124. The van der Waals surface area contributed by atoms with Crippen molar-refractivity contribution < 1.29 is 19.4 Å². The molecule has 6 heteroatoms. The molecule has 0 spiro atoms. The van der Waals surface area contributed by atoms with E-state index >= 15 is 0 Å². The van der Waals surface area contributed by atoms with Crippen LogP contribution >= 0.6 is 0 Å². The number of nitrogens with zero attached hydrogens (tertiary/aromatic N) is 1. The van der Waals surface area contributed by atoms with Crippen molar-refractivity contribution >= 4 is 11.8 Å². The van der Waals surface area contributed by atoms with Crippen molar-refractivity contribution in [2.75, 3.05) is 20.2 Å². The van der Waals surface area contributed by atoms with Gasteiger partial charge in [-0.15, -0.1) is 0 Å². The molecule has 0 saturated heterocycles. The van der Waals surface area contributed by atoms with Crippen LogP contribution in [0.25, 0.3) is 0 Å². The second-order valence-electron chi connectivity index (χ2n) is 10.4. The van der Waals surface area contributed by atoms with E-state index in [1.165, 1.54) is 0 Å². The van der Waals surface area contributed by atoms with Crippen LogP contribution in [-0.4, -0.2) is 54.2 Å². The van der Waals surface area contributed by atoms with Crippen LogP contribution in [0.15, 0.2) is 24.3 Å². The van der Waals surface area contributed by atoms with E-state index in [-0.39, 0.29) is 46.9 Å². The molecule has 33 heavy (non-hydrogen) atoms. The Morgan fingerprint density at radius 3 is 2.36 bits per heavy atom. The maximum absolute atomic E-state index is 13.0. The summed E-state index contributed by atoms with van der Waals surface area (Å²) in [6, 6.07) is 7.13. The molecule has 0 unspecified atom stereocenters. The van der Waals surface area contributed by atoms with Crippen LogP contribution in [0.3, 0.4) is 0 Å². The Hall–Kier alpha value is -2.08. The number of hydrogen-bond donors (Lipinski definition) is 2. The number of methoxy groups -OCH3 is 1. The summed E-state index contributed by atoms with van der Waals surface area (Å²) < 4.78 is 5.19. The van der Waals surface area contributed by atoms with Crippen molar-refractivity contribution in [2.24, 2.45) is 29.1 Å². The highest BCUT2D eigenvalue weighted by Gasteiger charge is 2.54. The predicted octanol–water partition coefficient (Wildman–Crippen LogP) is 4.12. The fraction of sp³-hybridized carbons (Fsp3) is 0.704. The van der Waals surface area contributed by atoms with Gasteiger partial charge in [0.25, 0.3) is 5.91 Å². The molecule has 1 aromatic rings. The molecular formula is C27H42N2O4. The molecule has 0 aliphatic heterocycles. The number of hydrogen-bond acceptors (Lipinski definition) is 4. The molecule has 6 nitrogen and oxygen atoms in total. The standard InChI is InChI=1S/C27H42N2O4/c1-7-29(8-2)26(32)17(3)21-13-15-27(5)16-14-22(18(4)23(27)24(21)30)28-25(31)19-9-11-20(33-6)12-10-19/h9-12,17-18,21-24,30H,7-8,13-16H2,1-6H3,(H,28,31)/t17-,18+,21+,22-,23+,24-,27+/m0/s1. The van der Waals surface area contributed by atoms with Gasteiger partial charge < -0.3 is 20.1 Å². The van der Waals surface area contributed by atoms with Gasteiger partial charge in [0.1, 0.15) is 5.75 Å². The summed E-state index contributed by atoms with van der Waals surface area (Å²) in [6.45, 7) is 11.8. The number of benzene rings is 1. The molecule has 2 N–H and O–H groups in total. The zero-order valence-electron chi connectivity index (χ0n) is 21.1. The highest BCUT2D eigenvalue weighted by Crippen LogP contribution is 2.55. The number of carbonyl (C=O) groups excluding carboxylic acids is 2. The van der Waals surface area contributed by atoms with E-state index in [4.69, 9.17) is 4.74 Å². The third-order valence-corrected chi connectivity index (χ3v) is 8.66. The number of fused-ring (bicyclic) bond motifs is 1. The zero-order valence-corrected chi connectivity index (χ0v) is 21.1. The number of aliphatic hydroxyl groups is 1. The summed E-state index contributed by atoms with van der Waals surface area (Å²) >= 11 is 0. The van der Waals surface area contributed by atoms with Crippen LogP contribution in [0.1, 0.15) is 70.7 Å². The van der Waals surface area contributed by atoms with E-state index in [1.54, 1.807) is 31.4 Å². The first kappa shape index (κ1) is 25.5. The lowest BCUT2D eigenvalue weighted by atomic mass is 9.51. The number of nitrogens with one attached hydrogen (secondary N) is 1. The Morgan fingerprint density at radius 2 is 1.79 bits per heavy atom. The lowest BCUT2D eigenvalue weighted by molar-refractivity contribution is -0.149. The number of rotatable bonds is 7. The third-order valence-electron chi connectivity index (χ3n) is 8.66. The molecule has 3 rings (SSSR count). The number of aliphatic hydroxyl groups excluding tert-OH is 1. The van der Waals surface area contributed by atoms with Crippen molar-refractivity contribution in [3.8, 4) is 5.75 Å². The second-order valence-corrected chi connectivity index (χ2v) is 10.4. The van der Waals surface area contributed by atoms with E-state index < -0.39 is 6.10 Å². The molecule has 2 fully saturated rings. The van der Waals surface area contributed by atoms with Gasteiger partial charge in [0, 0.05) is 30.6 Å². The molecule has 7 atom stereocenters. The summed E-state index contributed by atoms with van der Waals surface area (Å²) in [5, 5.41) is 14.8. The Bertz CT molecular complexity index is 822. The molecule has 0 radical (unpaired) electrons. The summed E-state index contributed by atoms with van der Waals surface area (Å²) in [5.41, 5.74) is 0.645. The average Bonchev–Trinajstić information content (AvgIpc) is 2.81. The molecule has 0 bridgehead atoms. The van der Waals surface area contributed by atoms with E-state index in [0.717, 1.165) is 31.4 Å². The molecule has 2 aliphatic carbocycles. The zero-order chi connectivity index (χ0) is 24.3. The molecule has 1 aromatic carbocycles. The molecule has 0 heterocycles. The van der Waals surface area contributed by atoms with Crippen LogP contribution in [0.4, 0.5) is 0 Å². The maximum atomic E-state index is 13.0. The van der Waals surface area contributed by atoms with E-state index in [1.807, 2.05) is 25.7 Å². The minimum Gasteiger partial charge on any atom is -0.497 e. The number of amides is 2. The van der Waals surface area contributed by atoms with Crippen LogP contribution < -0.4 is 10.1 Å². The van der Waals surface area contributed by atoms with Crippen molar-refractivity contribution in [1.82, 2.24) is 10.2 Å². The third kappa shape index (κ3) is 5.06. The Kier molecular flexibility index (Phi) is 8.09. The van der Waals surface area contributed by atoms with Gasteiger partial charge in [0.05, 0.1) is 13.2 Å². The van der Waals surface area contributed by atoms with Gasteiger partial charge in [-0.3, -0.25) is 9.59 Å². The van der Waals surface area contributed by atoms with Crippen LogP contribution in [-0.2, 0) is 4.79 Å². The van der Waals surface area contributed by atoms with Gasteiger partial charge in [-0.2, -0.15) is 0 Å². The average molecular weight is 459 g/mol. The first-order valence-electron chi connectivity index (χ1n) is 12.6. The SMILES string of the molecule is CCN(CC)C(=O)[C@@H](C)[C@H]1CC[C@]2(C)CC[C@H](NC(=O)c3ccc(OC)cc3)[C@@H](C)[C@@H]2[C@H]1O. The Labute approximate surface area is 199 Å². The van der Waals surface area contributed by atoms with Gasteiger partial charge in [-0.1, -0.05) is 20.8 Å². The van der Waals surface area contributed by atoms with Crippen molar-refractivity contribution in [1.29, 1.82) is 0 Å². The van der Waals surface area contributed by atoms with Crippen LogP contribution in [0.5, 0.6) is 5.75 Å². The normalized spacial score (nSPS) is 32.4. The van der Waals surface area contributed by atoms with Crippen LogP contribution in [0, 0.1) is 29.1 Å². The Morgan fingerprint density at radius 1 is 1.18 bits per heavy atom. The van der Waals surface area contributed by atoms with Gasteiger partial charge in [-0.25, -0.2) is 0 Å². The second kappa shape index (κ2) is 10.5. The lowest BCUT2D eigenvalue weighted by Crippen LogP contribution is -2.58. The smallest absolute Gasteiger partial charge is 0.251 e. The molecule has 0 aromatic heterocycles. The van der Waals surface area contributed by atoms with Crippen molar-refractivity contribution in [3.05, 3.63) is 29.8 Å². The van der Waals surface area contributed by atoms with Crippen LogP contribution in [0.2, 0.25) is 0 Å². The summed E-state index contributed by atoms with van der Waals surface area (Å²) in [5.74, 6) is 0.696. The van der Waals surface area contributed by atoms with Gasteiger partial charge in [-0.05, 0) is 87.0 Å². The highest BCUT2D eigenvalue weighted by atomic mass is 16.5.